The number of carbonyl (C=O) groups is 1. The van der Waals surface area contributed by atoms with Gasteiger partial charge in [-0.05, 0) is 60.7 Å². The molecule has 3 rings (SSSR count). The predicted molar refractivity (Wildman–Crippen MR) is 125 cm³/mol. The highest BCUT2D eigenvalue weighted by atomic mass is 79.9. The second kappa shape index (κ2) is 9.99. The lowest BCUT2D eigenvalue weighted by Gasteiger charge is -2.19. The van der Waals surface area contributed by atoms with Crippen LogP contribution in [0.25, 0.3) is 0 Å². The van der Waals surface area contributed by atoms with Crippen LogP contribution in [0.4, 0.5) is 10.1 Å². The maximum absolute atomic E-state index is 14.1. The molecule has 0 aliphatic heterocycles. The van der Waals surface area contributed by atoms with Gasteiger partial charge >= 0.3 is 0 Å². The molecule has 168 valence electrons. The molecule has 0 aromatic heterocycles. The van der Waals surface area contributed by atoms with Gasteiger partial charge in [-0.25, -0.2) is 12.8 Å². The first-order chi connectivity index (χ1) is 15.1. The maximum Gasteiger partial charge on any atom is 0.255 e. The molecule has 0 heterocycles. The number of hydrogen-bond donors (Lipinski definition) is 1. The van der Waals surface area contributed by atoms with Gasteiger partial charge in [-0.2, -0.15) is 4.31 Å². The number of sulfonamides is 1. The van der Waals surface area contributed by atoms with Crippen LogP contribution in [-0.4, -0.2) is 32.8 Å². The fourth-order valence-electron chi connectivity index (χ4n) is 2.94. The Labute approximate surface area is 199 Å². The van der Waals surface area contributed by atoms with Crippen LogP contribution in [0.3, 0.4) is 0 Å². The number of carbonyl (C=O) groups excluding carboxylic acids is 1. The van der Waals surface area contributed by atoms with Crippen molar-refractivity contribution in [1.29, 1.82) is 0 Å². The van der Waals surface area contributed by atoms with Crippen molar-refractivity contribution in [2.24, 2.45) is 0 Å². The van der Waals surface area contributed by atoms with E-state index >= 15 is 0 Å². The standard InChI is InChI=1S/C22H19BrClFN2O4S/c1-27(32(29,30)18-7-5-17(24)6-8-18)13-15-11-14(3-10-21(15)31-2)22(28)26-20-9-4-16(23)12-19(20)25/h3-12H,13H2,1-2H3,(H,26,28). The Morgan fingerprint density at radius 3 is 2.44 bits per heavy atom. The van der Waals surface area contributed by atoms with E-state index in [-0.39, 0.29) is 22.7 Å². The minimum absolute atomic E-state index is 0.0259. The fraction of sp³-hybridized carbons (Fsp3) is 0.136. The highest BCUT2D eigenvalue weighted by Crippen LogP contribution is 2.26. The third kappa shape index (κ3) is 5.47. The van der Waals surface area contributed by atoms with Crippen LogP contribution < -0.4 is 10.1 Å². The van der Waals surface area contributed by atoms with Gasteiger partial charge in [0.25, 0.3) is 5.91 Å². The van der Waals surface area contributed by atoms with E-state index < -0.39 is 21.7 Å². The number of ether oxygens (including phenoxy) is 1. The zero-order chi connectivity index (χ0) is 23.5. The monoisotopic (exact) mass is 540 g/mol. The quantitative estimate of drug-likeness (QED) is 0.439. The fourth-order valence-corrected chi connectivity index (χ4v) is 4.55. The summed E-state index contributed by atoms with van der Waals surface area (Å²) in [6.45, 7) is -0.0537. The number of benzene rings is 3. The lowest BCUT2D eigenvalue weighted by Crippen LogP contribution is -2.27. The molecular weight excluding hydrogens is 523 g/mol. The Morgan fingerprint density at radius 1 is 1.12 bits per heavy atom. The molecule has 0 saturated heterocycles. The van der Waals surface area contributed by atoms with Gasteiger partial charge in [0.1, 0.15) is 11.6 Å². The molecule has 32 heavy (non-hydrogen) atoms. The summed E-state index contributed by atoms with van der Waals surface area (Å²) in [5.74, 6) is -0.719. The maximum atomic E-state index is 14.1. The van der Waals surface area contributed by atoms with Crippen LogP contribution in [0.5, 0.6) is 5.75 Å². The average Bonchev–Trinajstić information content (AvgIpc) is 2.75. The van der Waals surface area contributed by atoms with Gasteiger partial charge < -0.3 is 10.1 Å². The summed E-state index contributed by atoms with van der Waals surface area (Å²) >= 11 is 9.01. The van der Waals surface area contributed by atoms with Crippen molar-refractivity contribution < 1.29 is 22.3 Å². The molecule has 0 aliphatic carbocycles. The van der Waals surface area contributed by atoms with Crippen LogP contribution in [0.15, 0.2) is 70.0 Å². The second-order valence-electron chi connectivity index (χ2n) is 6.82. The Hall–Kier alpha value is -2.46. The molecule has 0 aliphatic rings. The summed E-state index contributed by atoms with van der Waals surface area (Å²) in [6.07, 6.45) is 0. The minimum Gasteiger partial charge on any atom is -0.496 e. The highest BCUT2D eigenvalue weighted by molar-refractivity contribution is 9.10. The molecule has 10 heteroatoms. The zero-order valence-corrected chi connectivity index (χ0v) is 20.3. The average molecular weight is 542 g/mol. The first-order valence-corrected chi connectivity index (χ1v) is 11.9. The van der Waals surface area contributed by atoms with Crippen molar-refractivity contribution in [3.8, 4) is 5.75 Å². The van der Waals surface area contributed by atoms with E-state index in [4.69, 9.17) is 16.3 Å². The number of hydrogen-bond acceptors (Lipinski definition) is 4. The Bertz CT molecular complexity index is 1250. The predicted octanol–water partition coefficient (Wildman–Crippen LogP) is 5.32. The lowest BCUT2D eigenvalue weighted by molar-refractivity contribution is 0.102. The molecule has 0 saturated carbocycles. The third-order valence-corrected chi connectivity index (χ3v) is 7.20. The van der Waals surface area contributed by atoms with E-state index in [1.165, 1.54) is 62.7 Å². The van der Waals surface area contributed by atoms with E-state index in [9.17, 15) is 17.6 Å². The molecule has 0 radical (unpaired) electrons. The first-order valence-electron chi connectivity index (χ1n) is 9.27. The summed E-state index contributed by atoms with van der Waals surface area (Å²) in [5.41, 5.74) is 0.717. The Balaban J connectivity index is 1.85. The van der Waals surface area contributed by atoms with E-state index in [0.717, 1.165) is 4.31 Å². The summed E-state index contributed by atoms with van der Waals surface area (Å²) in [5, 5.41) is 2.94. The van der Waals surface area contributed by atoms with Gasteiger partial charge in [-0.15, -0.1) is 0 Å². The van der Waals surface area contributed by atoms with E-state index in [1.54, 1.807) is 12.1 Å². The number of nitrogens with zero attached hydrogens (tertiary/aromatic N) is 1. The molecule has 0 atom stereocenters. The van der Waals surface area contributed by atoms with Crippen LogP contribution in [0, 0.1) is 5.82 Å². The second-order valence-corrected chi connectivity index (χ2v) is 10.2. The lowest BCUT2D eigenvalue weighted by atomic mass is 10.1. The SMILES string of the molecule is COc1ccc(C(=O)Nc2ccc(Br)cc2F)cc1CN(C)S(=O)(=O)c1ccc(Cl)cc1. The first kappa shape index (κ1) is 24.2. The molecule has 3 aromatic rings. The zero-order valence-electron chi connectivity index (χ0n) is 17.1. The number of halogens is 3. The highest BCUT2D eigenvalue weighted by Gasteiger charge is 2.23. The van der Waals surface area contributed by atoms with E-state index in [1.807, 2.05) is 0 Å². The topological polar surface area (TPSA) is 75.7 Å². The van der Waals surface area contributed by atoms with Gasteiger partial charge in [-0.3, -0.25) is 4.79 Å². The summed E-state index contributed by atoms with van der Waals surface area (Å²) < 4.78 is 46.9. The number of rotatable bonds is 7. The Morgan fingerprint density at radius 2 is 1.81 bits per heavy atom. The van der Waals surface area contributed by atoms with Gasteiger partial charge in [0.2, 0.25) is 10.0 Å². The molecule has 0 spiro atoms. The van der Waals surface area contributed by atoms with E-state index in [0.29, 0.717) is 20.8 Å². The van der Waals surface area contributed by atoms with E-state index in [2.05, 4.69) is 21.2 Å². The molecule has 6 nitrogen and oxygen atoms in total. The van der Waals surface area contributed by atoms with Crippen molar-refractivity contribution in [2.75, 3.05) is 19.5 Å². The smallest absolute Gasteiger partial charge is 0.255 e. The van der Waals surface area contributed by atoms with Crippen molar-refractivity contribution in [3.05, 3.63) is 87.1 Å². The summed E-state index contributed by atoms with van der Waals surface area (Å²) in [7, 11) is -0.934. The van der Waals surface area contributed by atoms with Crippen molar-refractivity contribution in [3.63, 3.8) is 0 Å². The molecule has 0 fully saturated rings. The summed E-state index contributed by atoms with van der Waals surface area (Å²) in [6, 6.07) is 14.7. The molecule has 1 amide bonds. The van der Waals surface area contributed by atoms with Crippen molar-refractivity contribution >= 4 is 49.1 Å². The van der Waals surface area contributed by atoms with Gasteiger partial charge in [0, 0.05) is 34.2 Å². The van der Waals surface area contributed by atoms with Crippen molar-refractivity contribution in [2.45, 2.75) is 11.4 Å². The molecule has 0 bridgehead atoms. The third-order valence-electron chi connectivity index (χ3n) is 4.64. The minimum atomic E-state index is -3.81. The summed E-state index contributed by atoms with van der Waals surface area (Å²) in [4.78, 5) is 12.8. The molecule has 1 N–H and O–H groups in total. The Kier molecular flexibility index (Phi) is 7.55. The van der Waals surface area contributed by atoms with Crippen LogP contribution in [-0.2, 0) is 16.6 Å². The van der Waals surface area contributed by atoms with Crippen LogP contribution in [0.2, 0.25) is 5.02 Å². The van der Waals surface area contributed by atoms with Gasteiger partial charge in [0.05, 0.1) is 17.7 Å². The van der Waals surface area contributed by atoms with Gasteiger partial charge in [-0.1, -0.05) is 27.5 Å². The largest absolute Gasteiger partial charge is 0.496 e. The number of methoxy groups -OCH3 is 1. The molecule has 0 unspecified atom stereocenters. The van der Waals surface area contributed by atoms with Crippen molar-refractivity contribution in [1.82, 2.24) is 4.31 Å². The van der Waals surface area contributed by atoms with Crippen LogP contribution >= 0.6 is 27.5 Å². The number of amides is 1. The number of nitrogens with one attached hydrogen (secondary N) is 1. The molecule has 3 aromatic carbocycles. The molecular formula is C22H19BrClFN2O4S. The van der Waals surface area contributed by atoms with Crippen LogP contribution in [0.1, 0.15) is 15.9 Å². The normalized spacial score (nSPS) is 11.4. The van der Waals surface area contributed by atoms with Gasteiger partial charge in [0.15, 0.2) is 0 Å². The number of anilines is 1.